The second-order valence-corrected chi connectivity index (χ2v) is 4.57. The SMILES string of the molecule is CCCC(Cc1cc(OC)c(OC)cc1[N+](=O)[O-])NC. The summed E-state index contributed by atoms with van der Waals surface area (Å²) in [5, 5.41) is 14.4. The molecule has 0 bridgehead atoms. The van der Waals surface area contributed by atoms with Crippen LogP contribution in [0, 0.1) is 10.1 Å². The zero-order valence-electron chi connectivity index (χ0n) is 12.4. The summed E-state index contributed by atoms with van der Waals surface area (Å²) >= 11 is 0. The van der Waals surface area contributed by atoms with E-state index in [1.54, 1.807) is 6.07 Å². The molecule has 0 fully saturated rings. The van der Waals surface area contributed by atoms with Crippen LogP contribution in [-0.2, 0) is 6.42 Å². The number of rotatable bonds is 8. The lowest BCUT2D eigenvalue weighted by molar-refractivity contribution is -0.385. The lowest BCUT2D eigenvalue weighted by Crippen LogP contribution is -2.27. The molecular weight excluding hydrogens is 260 g/mol. The number of nitrogens with zero attached hydrogens (tertiary/aromatic N) is 1. The molecule has 1 atom stereocenters. The molecule has 0 spiro atoms. The van der Waals surface area contributed by atoms with E-state index in [1.807, 2.05) is 7.05 Å². The summed E-state index contributed by atoms with van der Waals surface area (Å²) in [5.74, 6) is 0.888. The highest BCUT2D eigenvalue weighted by molar-refractivity contribution is 5.54. The molecule has 0 saturated heterocycles. The van der Waals surface area contributed by atoms with Gasteiger partial charge in [0, 0.05) is 11.6 Å². The van der Waals surface area contributed by atoms with E-state index in [0.717, 1.165) is 12.8 Å². The molecule has 1 unspecified atom stereocenters. The Morgan fingerprint density at radius 3 is 2.35 bits per heavy atom. The van der Waals surface area contributed by atoms with Crippen molar-refractivity contribution >= 4 is 5.69 Å². The average Bonchev–Trinajstić information content (AvgIpc) is 2.45. The minimum absolute atomic E-state index is 0.0685. The van der Waals surface area contributed by atoms with Gasteiger partial charge >= 0.3 is 0 Å². The molecule has 1 aromatic rings. The van der Waals surface area contributed by atoms with E-state index in [-0.39, 0.29) is 16.7 Å². The van der Waals surface area contributed by atoms with E-state index in [4.69, 9.17) is 9.47 Å². The van der Waals surface area contributed by atoms with E-state index in [2.05, 4.69) is 12.2 Å². The van der Waals surface area contributed by atoms with Gasteiger partial charge in [0.05, 0.1) is 25.2 Å². The first-order valence-corrected chi connectivity index (χ1v) is 6.63. The lowest BCUT2D eigenvalue weighted by atomic mass is 10.00. The van der Waals surface area contributed by atoms with Crippen molar-refractivity contribution in [2.24, 2.45) is 0 Å². The Morgan fingerprint density at radius 2 is 1.90 bits per heavy atom. The Balaban J connectivity index is 3.18. The molecule has 0 aliphatic heterocycles. The van der Waals surface area contributed by atoms with Gasteiger partial charge in [-0.05, 0) is 26.0 Å². The number of nitro groups is 1. The maximum Gasteiger partial charge on any atom is 0.276 e. The van der Waals surface area contributed by atoms with Gasteiger partial charge in [0.2, 0.25) is 0 Å². The Hall–Kier alpha value is -1.82. The summed E-state index contributed by atoms with van der Waals surface area (Å²) in [4.78, 5) is 10.8. The highest BCUT2D eigenvalue weighted by Crippen LogP contribution is 2.35. The molecule has 0 aromatic heterocycles. The van der Waals surface area contributed by atoms with E-state index < -0.39 is 0 Å². The molecule has 1 N–H and O–H groups in total. The number of ether oxygens (including phenoxy) is 2. The molecule has 1 aromatic carbocycles. The number of benzene rings is 1. The van der Waals surface area contributed by atoms with Crippen LogP contribution in [0.2, 0.25) is 0 Å². The third-order valence-electron chi connectivity index (χ3n) is 3.29. The van der Waals surface area contributed by atoms with Gasteiger partial charge in [0.15, 0.2) is 11.5 Å². The van der Waals surface area contributed by atoms with Crippen LogP contribution >= 0.6 is 0 Å². The fourth-order valence-electron chi connectivity index (χ4n) is 2.21. The number of hydrogen-bond acceptors (Lipinski definition) is 5. The molecule has 6 nitrogen and oxygen atoms in total. The topological polar surface area (TPSA) is 73.6 Å². The van der Waals surface area contributed by atoms with Crippen molar-refractivity contribution in [3.8, 4) is 11.5 Å². The van der Waals surface area contributed by atoms with Gasteiger partial charge in [0.25, 0.3) is 5.69 Å². The van der Waals surface area contributed by atoms with Crippen molar-refractivity contribution in [3.63, 3.8) is 0 Å². The van der Waals surface area contributed by atoms with Crippen LogP contribution in [0.15, 0.2) is 12.1 Å². The van der Waals surface area contributed by atoms with Crippen molar-refractivity contribution < 1.29 is 14.4 Å². The van der Waals surface area contributed by atoms with Crippen LogP contribution in [0.4, 0.5) is 5.69 Å². The summed E-state index contributed by atoms with van der Waals surface area (Å²) < 4.78 is 10.3. The fraction of sp³-hybridized carbons (Fsp3) is 0.571. The van der Waals surface area contributed by atoms with Gasteiger partial charge in [-0.15, -0.1) is 0 Å². The van der Waals surface area contributed by atoms with Crippen LogP contribution in [0.3, 0.4) is 0 Å². The normalized spacial score (nSPS) is 12.0. The summed E-state index contributed by atoms with van der Waals surface area (Å²) in [5.41, 5.74) is 0.722. The molecule has 0 aliphatic carbocycles. The quantitative estimate of drug-likeness (QED) is 0.586. The number of hydrogen-bond donors (Lipinski definition) is 1. The molecule has 0 aliphatic rings. The zero-order valence-corrected chi connectivity index (χ0v) is 12.4. The van der Waals surface area contributed by atoms with Gasteiger partial charge in [0.1, 0.15) is 0 Å². The third-order valence-corrected chi connectivity index (χ3v) is 3.29. The van der Waals surface area contributed by atoms with Crippen molar-refractivity contribution in [3.05, 3.63) is 27.8 Å². The standard InChI is InChI=1S/C14H22N2O4/c1-5-6-11(15-2)7-10-8-13(19-3)14(20-4)9-12(10)16(17)18/h8-9,11,15H,5-7H2,1-4H3. The molecule has 20 heavy (non-hydrogen) atoms. The van der Waals surface area contributed by atoms with E-state index in [1.165, 1.54) is 20.3 Å². The Morgan fingerprint density at radius 1 is 1.30 bits per heavy atom. The number of nitro benzene ring substituents is 1. The number of nitrogens with one attached hydrogen (secondary N) is 1. The van der Waals surface area contributed by atoms with E-state index >= 15 is 0 Å². The van der Waals surface area contributed by atoms with Crippen LogP contribution in [-0.4, -0.2) is 32.2 Å². The second-order valence-electron chi connectivity index (χ2n) is 4.57. The first-order chi connectivity index (χ1) is 9.57. The van der Waals surface area contributed by atoms with Crippen molar-refractivity contribution in [1.82, 2.24) is 5.32 Å². The Labute approximate surface area is 119 Å². The van der Waals surface area contributed by atoms with E-state index in [0.29, 0.717) is 23.5 Å². The first-order valence-electron chi connectivity index (χ1n) is 6.63. The molecule has 0 heterocycles. The summed E-state index contributed by atoms with van der Waals surface area (Å²) in [7, 11) is 4.86. The van der Waals surface area contributed by atoms with Crippen molar-refractivity contribution in [2.45, 2.75) is 32.2 Å². The fourth-order valence-corrected chi connectivity index (χ4v) is 2.21. The smallest absolute Gasteiger partial charge is 0.276 e. The third kappa shape index (κ3) is 3.84. The van der Waals surface area contributed by atoms with Crippen molar-refractivity contribution in [2.75, 3.05) is 21.3 Å². The van der Waals surface area contributed by atoms with E-state index in [9.17, 15) is 10.1 Å². The highest BCUT2D eigenvalue weighted by atomic mass is 16.6. The minimum atomic E-state index is -0.379. The molecular formula is C14H22N2O4. The predicted octanol–water partition coefficient (Wildman–Crippen LogP) is 2.54. The maximum atomic E-state index is 11.2. The number of methoxy groups -OCH3 is 2. The van der Waals surface area contributed by atoms with Gasteiger partial charge < -0.3 is 14.8 Å². The lowest BCUT2D eigenvalue weighted by Gasteiger charge is -2.16. The van der Waals surface area contributed by atoms with Gasteiger partial charge in [-0.25, -0.2) is 0 Å². The molecule has 1 rings (SSSR count). The summed E-state index contributed by atoms with van der Waals surface area (Å²) in [6.07, 6.45) is 2.57. The van der Waals surface area contributed by atoms with Crippen molar-refractivity contribution in [1.29, 1.82) is 0 Å². The van der Waals surface area contributed by atoms with Gasteiger partial charge in [-0.2, -0.15) is 0 Å². The molecule has 0 amide bonds. The molecule has 0 saturated carbocycles. The average molecular weight is 282 g/mol. The first kappa shape index (κ1) is 16.2. The van der Waals surface area contributed by atoms with Gasteiger partial charge in [-0.3, -0.25) is 10.1 Å². The second kappa shape index (κ2) is 7.69. The summed E-state index contributed by atoms with van der Waals surface area (Å²) in [6.45, 7) is 2.09. The number of likely N-dealkylation sites (N-methyl/N-ethyl adjacent to an activating group) is 1. The van der Waals surface area contributed by atoms with Gasteiger partial charge in [-0.1, -0.05) is 13.3 Å². The monoisotopic (exact) mass is 282 g/mol. The molecule has 6 heteroatoms. The molecule has 112 valence electrons. The summed E-state index contributed by atoms with van der Waals surface area (Å²) in [6, 6.07) is 3.32. The Bertz CT molecular complexity index is 463. The molecule has 0 radical (unpaired) electrons. The highest BCUT2D eigenvalue weighted by Gasteiger charge is 2.21. The van der Waals surface area contributed by atoms with Crippen LogP contribution in [0.1, 0.15) is 25.3 Å². The minimum Gasteiger partial charge on any atom is -0.493 e. The zero-order chi connectivity index (χ0) is 15.1. The van der Waals surface area contributed by atoms with Crippen LogP contribution < -0.4 is 14.8 Å². The maximum absolute atomic E-state index is 11.2. The van der Waals surface area contributed by atoms with Crippen LogP contribution in [0.25, 0.3) is 0 Å². The Kier molecular flexibility index (Phi) is 6.24. The largest absolute Gasteiger partial charge is 0.493 e. The van der Waals surface area contributed by atoms with Crippen LogP contribution in [0.5, 0.6) is 11.5 Å². The predicted molar refractivity (Wildman–Crippen MR) is 77.7 cm³/mol.